The standard InChI is InChI=1S/C19H21F3N4O2/c1-13-11-17(26-9-5-2-6-10-26)25-16(24-13)12-23-18(27)14-7-3-4-8-15(14)28-19(20,21)22/h3-4,7-8,11H,2,5-6,9-10,12H2,1H3,(H,23,27). The van der Waals surface area contributed by atoms with Gasteiger partial charge >= 0.3 is 6.36 Å². The van der Waals surface area contributed by atoms with Crippen LogP contribution in [-0.4, -0.2) is 35.3 Å². The van der Waals surface area contributed by atoms with E-state index in [4.69, 9.17) is 0 Å². The van der Waals surface area contributed by atoms with E-state index < -0.39 is 18.0 Å². The van der Waals surface area contributed by atoms with Gasteiger partial charge in [-0.1, -0.05) is 12.1 Å². The molecule has 0 spiro atoms. The Morgan fingerprint density at radius 3 is 2.61 bits per heavy atom. The van der Waals surface area contributed by atoms with Gasteiger partial charge in [0.25, 0.3) is 5.91 Å². The van der Waals surface area contributed by atoms with Crippen LogP contribution in [-0.2, 0) is 6.54 Å². The van der Waals surface area contributed by atoms with Crippen LogP contribution in [0.1, 0.15) is 41.1 Å². The molecule has 1 aliphatic heterocycles. The average Bonchev–Trinajstić information content (AvgIpc) is 2.65. The number of hydrogen-bond donors (Lipinski definition) is 1. The number of nitrogens with zero attached hydrogens (tertiary/aromatic N) is 3. The highest BCUT2D eigenvalue weighted by Gasteiger charge is 2.32. The van der Waals surface area contributed by atoms with E-state index in [1.165, 1.54) is 24.6 Å². The smallest absolute Gasteiger partial charge is 0.405 e. The van der Waals surface area contributed by atoms with E-state index in [0.717, 1.165) is 43.5 Å². The second-order valence-electron chi connectivity index (χ2n) is 6.56. The summed E-state index contributed by atoms with van der Waals surface area (Å²) in [6.45, 7) is 3.68. The van der Waals surface area contributed by atoms with E-state index in [9.17, 15) is 18.0 Å². The van der Waals surface area contributed by atoms with Crippen molar-refractivity contribution >= 4 is 11.7 Å². The monoisotopic (exact) mass is 394 g/mol. The number of anilines is 1. The van der Waals surface area contributed by atoms with Crippen LogP contribution in [0.25, 0.3) is 0 Å². The zero-order valence-corrected chi connectivity index (χ0v) is 15.4. The van der Waals surface area contributed by atoms with E-state index in [1.807, 2.05) is 13.0 Å². The van der Waals surface area contributed by atoms with Crippen LogP contribution < -0.4 is 15.0 Å². The highest BCUT2D eigenvalue weighted by atomic mass is 19.4. The number of carbonyl (C=O) groups excluding carboxylic acids is 1. The number of carbonyl (C=O) groups is 1. The summed E-state index contributed by atoms with van der Waals surface area (Å²) >= 11 is 0. The second kappa shape index (κ2) is 8.45. The summed E-state index contributed by atoms with van der Waals surface area (Å²) in [5.74, 6) is -0.0310. The number of benzene rings is 1. The summed E-state index contributed by atoms with van der Waals surface area (Å²) in [4.78, 5) is 23.4. The summed E-state index contributed by atoms with van der Waals surface area (Å²) in [7, 11) is 0. The van der Waals surface area contributed by atoms with Gasteiger partial charge in [0.2, 0.25) is 0 Å². The molecule has 0 saturated carbocycles. The molecular weight excluding hydrogens is 373 g/mol. The minimum Gasteiger partial charge on any atom is -0.405 e. The highest BCUT2D eigenvalue weighted by molar-refractivity contribution is 5.96. The molecule has 3 rings (SSSR count). The fraction of sp³-hybridized carbons (Fsp3) is 0.421. The largest absolute Gasteiger partial charge is 0.573 e. The Labute approximate surface area is 160 Å². The Hall–Kier alpha value is -2.84. The molecule has 0 radical (unpaired) electrons. The number of hydrogen-bond acceptors (Lipinski definition) is 5. The normalized spacial score (nSPS) is 14.6. The van der Waals surface area contributed by atoms with Gasteiger partial charge in [-0.15, -0.1) is 13.2 Å². The number of aromatic nitrogens is 2. The maximum Gasteiger partial charge on any atom is 0.573 e. The summed E-state index contributed by atoms with van der Waals surface area (Å²) in [6, 6.07) is 7.10. The molecule has 1 saturated heterocycles. The molecule has 1 aliphatic rings. The molecule has 28 heavy (non-hydrogen) atoms. The third-order valence-corrected chi connectivity index (χ3v) is 4.33. The first kappa shape index (κ1) is 19.9. The number of para-hydroxylation sites is 1. The third kappa shape index (κ3) is 5.34. The van der Waals surface area contributed by atoms with Gasteiger partial charge in [0.1, 0.15) is 17.4 Å². The average molecular weight is 394 g/mol. The summed E-state index contributed by atoms with van der Waals surface area (Å²) in [5, 5.41) is 2.57. The lowest BCUT2D eigenvalue weighted by Gasteiger charge is -2.28. The molecule has 9 heteroatoms. The maximum atomic E-state index is 12.5. The molecule has 1 fully saturated rings. The van der Waals surface area contributed by atoms with Crippen molar-refractivity contribution in [1.29, 1.82) is 0 Å². The topological polar surface area (TPSA) is 67.4 Å². The molecular formula is C19H21F3N4O2. The van der Waals surface area contributed by atoms with E-state index >= 15 is 0 Å². The van der Waals surface area contributed by atoms with E-state index in [2.05, 4.69) is 24.9 Å². The van der Waals surface area contributed by atoms with Gasteiger partial charge in [-0.3, -0.25) is 4.79 Å². The zero-order valence-electron chi connectivity index (χ0n) is 15.4. The number of piperidine rings is 1. The number of ether oxygens (including phenoxy) is 1. The van der Waals surface area contributed by atoms with Crippen molar-refractivity contribution in [2.45, 2.75) is 39.1 Å². The maximum absolute atomic E-state index is 12.5. The minimum atomic E-state index is -4.88. The van der Waals surface area contributed by atoms with Gasteiger partial charge in [-0.2, -0.15) is 0 Å². The lowest BCUT2D eigenvalue weighted by molar-refractivity contribution is -0.274. The van der Waals surface area contributed by atoms with Crippen LogP contribution in [0.5, 0.6) is 5.75 Å². The number of amides is 1. The Balaban J connectivity index is 1.70. The second-order valence-corrected chi connectivity index (χ2v) is 6.56. The van der Waals surface area contributed by atoms with Crippen molar-refractivity contribution in [3.63, 3.8) is 0 Å². The first-order chi connectivity index (χ1) is 13.3. The van der Waals surface area contributed by atoms with Crippen molar-refractivity contribution in [3.05, 3.63) is 47.4 Å². The molecule has 0 atom stereocenters. The molecule has 150 valence electrons. The Morgan fingerprint density at radius 2 is 1.89 bits per heavy atom. The molecule has 6 nitrogen and oxygen atoms in total. The Bertz CT molecular complexity index is 836. The van der Waals surface area contributed by atoms with Gasteiger partial charge in [0, 0.05) is 24.8 Å². The Kier molecular flexibility index (Phi) is 6.01. The van der Waals surface area contributed by atoms with Crippen molar-refractivity contribution in [2.24, 2.45) is 0 Å². The SMILES string of the molecule is Cc1cc(N2CCCCC2)nc(CNC(=O)c2ccccc2OC(F)(F)F)n1. The van der Waals surface area contributed by atoms with Crippen LogP contribution in [0.3, 0.4) is 0 Å². The van der Waals surface area contributed by atoms with Crippen LogP contribution in [0.2, 0.25) is 0 Å². The summed E-state index contributed by atoms with van der Waals surface area (Å²) < 4.78 is 41.5. The van der Waals surface area contributed by atoms with Crippen LogP contribution >= 0.6 is 0 Å². The van der Waals surface area contributed by atoms with Crippen molar-refractivity contribution in [1.82, 2.24) is 15.3 Å². The molecule has 2 heterocycles. The zero-order chi connectivity index (χ0) is 20.1. The lowest BCUT2D eigenvalue weighted by atomic mass is 10.1. The predicted octanol–water partition coefficient (Wildman–Crippen LogP) is 3.60. The fourth-order valence-electron chi connectivity index (χ4n) is 3.10. The molecule has 2 aromatic rings. The van der Waals surface area contributed by atoms with E-state index in [1.54, 1.807) is 0 Å². The molecule has 1 aromatic carbocycles. The number of aryl methyl sites for hydroxylation is 1. The Morgan fingerprint density at radius 1 is 1.18 bits per heavy atom. The number of alkyl halides is 3. The van der Waals surface area contributed by atoms with Crippen LogP contribution in [0.15, 0.2) is 30.3 Å². The third-order valence-electron chi connectivity index (χ3n) is 4.33. The van der Waals surface area contributed by atoms with Gasteiger partial charge in [0.15, 0.2) is 0 Å². The highest BCUT2D eigenvalue weighted by Crippen LogP contribution is 2.26. The van der Waals surface area contributed by atoms with Crippen molar-refractivity contribution in [3.8, 4) is 5.75 Å². The molecule has 1 N–H and O–H groups in total. The van der Waals surface area contributed by atoms with Crippen molar-refractivity contribution in [2.75, 3.05) is 18.0 Å². The van der Waals surface area contributed by atoms with Crippen LogP contribution in [0, 0.1) is 6.92 Å². The number of nitrogens with one attached hydrogen (secondary N) is 1. The first-order valence-corrected chi connectivity index (χ1v) is 9.04. The molecule has 1 aromatic heterocycles. The van der Waals surface area contributed by atoms with Gasteiger partial charge in [-0.25, -0.2) is 9.97 Å². The van der Waals surface area contributed by atoms with E-state index in [0.29, 0.717) is 5.82 Å². The lowest BCUT2D eigenvalue weighted by Crippen LogP contribution is -2.31. The molecule has 1 amide bonds. The predicted molar refractivity (Wildman–Crippen MR) is 97.1 cm³/mol. The molecule has 0 bridgehead atoms. The number of halogens is 3. The molecule has 0 unspecified atom stereocenters. The van der Waals surface area contributed by atoms with Crippen LogP contribution in [0.4, 0.5) is 19.0 Å². The number of rotatable bonds is 5. The first-order valence-electron chi connectivity index (χ1n) is 9.04. The molecule has 0 aliphatic carbocycles. The van der Waals surface area contributed by atoms with E-state index in [-0.39, 0.29) is 12.1 Å². The quantitative estimate of drug-likeness (QED) is 0.839. The summed E-state index contributed by atoms with van der Waals surface area (Å²) in [6.07, 6.45) is -1.47. The van der Waals surface area contributed by atoms with Gasteiger partial charge in [-0.05, 0) is 38.3 Å². The van der Waals surface area contributed by atoms with Gasteiger partial charge in [0.05, 0.1) is 12.1 Å². The van der Waals surface area contributed by atoms with Gasteiger partial charge < -0.3 is 15.0 Å². The fourth-order valence-corrected chi connectivity index (χ4v) is 3.10. The summed E-state index contributed by atoms with van der Waals surface area (Å²) in [5.41, 5.74) is 0.560. The van der Waals surface area contributed by atoms with Crippen molar-refractivity contribution < 1.29 is 22.7 Å². The minimum absolute atomic E-state index is 0.00169.